The summed E-state index contributed by atoms with van der Waals surface area (Å²) in [6, 6.07) is 13.9. The summed E-state index contributed by atoms with van der Waals surface area (Å²) in [6.45, 7) is 0. The summed E-state index contributed by atoms with van der Waals surface area (Å²) in [5, 5.41) is 12.9. The van der Waals surface area contributed by atoms with Gasteiger partial charge in [0.1, 0.15) is 12.0 Å². The third-order valence-corrected chi connectivity index (χ3v) is 3.84. The average molecular weight is 326 g/mol. The monoisotopic (exact) mass is 325 g/mol. The van der Waals surface area contributed by atoms with Crippen molar-refractivity contribution in [1.82, 2.24) is 0 Å². The molecule has 2 aromatic rings. The van der Waals surface area contributed by atoms with Crippen molar-refractivity contribution >= 4 is 40.1 Å². The van der Waals surface area contributed by atoms with Crippen LogP contribution in [-0.2, 0) is 4.79 Å². The molecule has 0 fully saturated rings. The number of anilines is 1. The van der Waals surface area contributed by atoms with Crippen LogP contribution in [0.3, 0.4) is 0 Å². The fourth-order valence-electron chi connectivity index (χ4n) is 2.50. The number of hydrogen-bond donors (Lipinski definition) is 2. The molecule has 0 aliphatic heterocycles. The summed E-state index contributed by atoms with van der Waals surface area (Å²) < 4.78 is 0. The highest BCUT2D eigenvalue weighted by atomic mass is 35.5. The molecule has 0 saturated heterocycles. The molecule has 2 N–H and O–H groups in total. The molecule has 23 heavy (non-hydrogen) atoms. The zero-order valence-electron chi connectivity index (χ0n) is 11.9. The lowest BCUT2D eigenvalue weighted by atomic mass is 9.88. The first-order chi connectivity index (χ1) is 11.1. The molecule has 0 heterocycles. The minimum absolute atomic E-state index is 0.120. The van der Waals surface area contributed by atoms with Gasteiger partial charge in [-0.25, -0.2) is 4.79 Å². The number of halogens is 1. The molecule has 0 aromatic heterocycles. The van der Waals surface area contributed by atoms with Crippen LogP contribution in [0.5, 0.6) is 0 Å². The Kier molecular flexibility index (Phi) is 4.13. The minimum atomic E-state index is -1.11. The molecule has 0 saturated carbocycles. The number of rotatable bonds is 3. The molecule has 1 atom stereocenters. The maximum atomic E-state index is 11.3. The Morgan fingerprint density at radius 3 is 2.57 bits per heavy atom. The molecular weight excluding hydrogens is 314 g/mol. The number of aliphatic hydroxyl groups is 1. The molecule has 1 aliphatic carbocycles. The molecule has 114 valence electrons. The Morgan fingerprint density at radius 1 is 1.17 bits per heavy atom. The van der Waals surface area contributed by atoms with Crippen molar-refractivity contribution in [2.75, 3.05) is 5.32 Å². The number of hydrogen-bond acceptors (Lipinski definition) is 4. The zero-order chi connectivity index (χ0) is 16.4. The van der Waals surface area contributed by atoms with Crippen LogP contribution >= 0.6 is 11.6 Å². The van der Waals surface area contributed by atoms with Crippen molar-refractivity contribution in [3.63, 3.8) is 0 Å². The van der Waals surface area contributed by atoms with Crippen LogP contribution in [0.4, 0.5) is 5.69 Å². The quantitative estimate of drug-likeness (QED) is 0.672. The first-order valence-electron chi connectivity index (χ1n) is 6.91. The summed E-state index contributed by atoms with van der Waals surface area (Å²) >= 11 is 5.50. The summed E-state index contributed by atoms with van der Waals surface area (Å²) in [7, 11) is 0. The van der Waals surface area contributed by atoms with Gasteiger partial charge in [0, 0.05) is 11.3 Å². The van der Waals surface area contributed by atoms with Crippen molar-refractivity contribution in [1.29, 1.82) is 0 Å². The molecular formula is C18H12ClNO3. The van der Waals surface area contributed by atoms with Crippen molar-refractivity contribution in [3.05, 3.63) is 70.9 Å². The molecule has 2 aromatic carbocycles. The second kappa shape index (κ2) is 6.23. The number of carbonyl (C=O) groups is 1. The van der Waals surface area contributed by atoms with E-state index >= 15 is 0 Å². The molecule has 0 spiro atoms. The van der Waals surface area contributed by atoms with Crippen molar-refractivity contribution in [3.8, 4) is 0 Å². The van der Waals surface area contributed by atoms with Crippen LogP contribution < -0.4 is 5.32 Å². The van der Waals surface area contributed by atoms with Gasteiger partial charge in [0.25, 0.3) is 5.24 Å². The molecule has 5 heteroatoms. The van der Waals surface area contributed by atoms with E-state index in [9.17, 15) is 14.7 Å². The van der Waals surface area contributed by atoms with Gasteiger partial charge < -0.3 is 10.4 Å². The largest absolute Gasteiger partial charge is 0.381 e. The SMILES string of the molecule is O=C=C1c2ccc(C(=O)Cl)cc2C=C(Nc2ccccc2)C1O. The zero-order valence-corrected chi connectivity index (χ0v) is 12.7. The lowest BCUT2D eigenvalue weighted by Crippen LogP contribution is -2.23. The van der Waals surface area contributed by atoms with Crippen molar-refractivity contribution in [2.45, 2.75) is 6.10 Å². The third kappa shape index (κ3) is 2.96. The van der Waals surface area contributed by atoms with Crippen molar-refractivity contribution in [2.24, 2.45) is 0 Å². The lowest BCUT2D eigenvalue weighted by Gasteiger charge is -2.24. The maximum absolute atomic E-state index is 11.3. The van der Waals surface area contributed by atoms with E-state index < -0.39 is 11.3 Å². The summed E-state index contributed by atoms with van der Waals surface area (Å²) in [5.74, 6) is 1.79. The van der Waals surface area contributed by atoms with E-state index in [1.165, 1.54) is 6.07 Å². The number of benzene rings is 2. The van der Waals surface area contributed by atoms with E-state index in [4.69, 9.17) is 11.6 Å². The first-order valence-corrected chi connectivity index (χ1v) is 7.29. The predicted molar refractivity (Wildman–Crippen MR) is 89.8 cm³/mol. The van der Waals surface area contributed by atoms with E-state index in [1.807, 2.05) is 30.3 Å². The normalized spacial score (nSPS) is 16.2. The van der Waals surface area contributed by atoms with Gasteiger partial charge in [-0.05, 0) is 53.1 Å². The van der Waals surface area contributed by atoms with E-state index in [1.54, 1.807) is 24.2 Å². The van der Waals surface area contributed by atoms with Gasteiger partial charge in [-0.1, -0.05) is 24.3 Å². The minimum Gasteiger partial charge on any atom is -0.381 e. The average Bonchev–Trinajstić information content (AvgIpc) is 2.56. The number of fused-ring (bicyclic) bond motifs is 1. The summed E-state index contributed by atoms with van der Waals surface area (Å²) in [5.41, 5.74) is 2.81. The molecule has 3 rings (SSSR count). The summed E-state index contributed by atoms with van der Waals surface area (Å²) in [4.78, 5) is 22.6. The van der Waals surface area contributed by atoms with Crippen LogP contribution in [0.2, 0.25) is 0 Å². The van der Waals surface area contributed by atoms with Gasteiger partial charge in [0.15, 0.2) is 0 Å². The second-order valence-corrected chi connectivity index (χ2v) is 5.43. The number of carbonyl (C=O) groups excluding carboxylic acids is 2. The topological polar surface area (TPSA) is 66.4 Å². The summed E-state index contributed by atoms with van der Waals surface area (Å²) in [6.07, 6.45) is 0.578. The molecule has 4 nitrogen and oxygen atoms in total. The van der Waals surface area contributed by atoms with E-state index in [2.05, 4.69) is 5.32 Å². The Bertz CT molecular complexity index is 852. The van der Waals surface area contributed by atoms with Crippen LogP contribution in [0.15, 0.2) is 54.2 Å². The van der Waals surface area contributed by atoms with Crippen molar-refractivity contribution < 1.29 is 14.7 Å². The number of aliphatic hydroxyl groups excluding tert-OH is 1. The molecule has 0 radical (unpaired) electrons. The first kappa shape index (κ1) is 15.3. The van der Waals surface area contributed by atoms with Gasteiger partial charge in [-0.15, -0.1) is 0 Å². The van der Waals surface area contributed by atoms with Crippen LogP contribution in [0.1, 0.15) is 21.5 Å². The van der Waals surface area contributed by atoms with Gasteiger partial charge >= 0.3 is 0 Å². The van der Waals surface area contributed by atoms with Gasteiger partial charge in [0.2, 0.25) is 0 Å². The maximum Gasteiger partial charge on any atom is 0.252 e. The Balaban J connectivity index is 2.08. The Labute approximate surface area is 137 Å². The van der Waals surface area contributed by atoms with Crippen LogP contribution in [0.25, 0.3) is 11.6 Å². The fourth-order valence-corrected chi connectivity index (χ4v) is 2.62. The van der Waals surface area contributed by atoms with E-state index in [0.29, 0.717) is 22.4 Å². The smallest absolute Gasteiger partial charge is 0.252 e. The van der Waals surface area contributed by atoms with Gasteiger partial charge in [-0.2, -0.15) is 0 Å². The molecule has 1 aliphatic rings. The van der Waals surface area contributed by atoms with E-state index in [0.717, 1.165) is 5.69 Å². The third-order valence-electron chi connectivity index (χ3n) is 3.62. The van der Waals surface area contributed by atoms with Gasteiger partial charge in [-0.3, -0.25) is 4.79 Å². The molecule has 1 unspecified atom stereocenters. The molecule has 0 amide bonds. The van der Waals surface area contributed by atoms with Gasteiger partial charge in [0.05, 0.1) is 11.3 Å². The highest BCUT2D eigenvalue weighted by molar-refractivity contribution is 6.67. The Morgan fingerprint density at radius 2 is 1.91 bits per heavy atom. The fraction of sp³-hybridized carbons (Fsp3) is 0.0556. The van der Waals surface area contributed by atoms with E-state index in [-0.39, 0.29) is 5.57 Å². The molecule has 0 bridgehead atoms. The lowest BCUT2D eigenvalue weighted by molar-refractivity contribution is 0.108. The highest BCUT2D eigenvalue weighted by Crippen LogP contribution is 2.33. The van der Waals surface area contributed by atoms with Crippen LogP contribution in [-0.4, -0.2) is 22.4 Å². The number of nitrogens with one attached hydrogen (secondary N) is 1. The number of para-hydroxylation sites is 1. The standard InChI is InChI=1S/C18H12ClNO3/c19-18(23)11-6-7-14-12(8-11)9-16(17(22)15(14)10-21)20-13-4-2-1-3-5-13/h1-9,17,20,22H. The van der Waals surface area contributed by atoms with Crippen LogP contribution in [0, 0.1) is 0 Å². The second-order valence-electron chi connectivity index (χ2n) is 5.08. The predicted octanol–water partition coefficient (Wildman–Crippen LogP) is 3.11. The Hall–Kier alpha value is -2.65. The highest BCUT2D eigenvalue weighted by Gasteiger charge is 2.26.